The van der Waals surface area contributed by atoms with Gasteiger partial charge in [-0.3, -0.25) is 4.79 Å². The second-order valence-electron chi connectivity index (χ2n) is 4.67. The molecule has 0 radical (unpaired) electrons. The number of carbonyl (C=O) groups excluding carboxylic acids is 1. The summed E-state index contributed by atoms with van der Waals surface area (Å²) in [6.45, 7) is -0.830. The van der Waals surface area contributed by atoms with Gasteiger partial charge in [-0.1, -0.05) is 0 Å². The predicted octanol–water partition coefficient (Wildman–Crippen LogP) is 3.00. The van der Waals surface area contributed by atoms with Gasteiger partial charge in [0.1, 0.15) is 0 Å². The van der Waals surface area contributed by atoms with Crippen LogP contribution >= 0.6 is 0 Å². The number of amides is 2. The number of hydrogen-bond acceptors (Lipinski definition) is 2. The van der Waals surface area contributed by atoms with Crippen LogP contribution in [0.1, 0.15) is 23.1 Å². The van der Waals surface area contributed by atoms with Gasteiger partial charge in [-0.2, -0.15) is 26.3 Å². The summed E-state index contributed by atoms with van der Waals surface area (Å²) in [5.74, 6) is -1.18. The molecule has 0 atom stereocenters. The largest absolute Gasteiger partial charge is 0.481 e. The van der Waals surface area contributed by atoms with Crippen LogP contribution in [0.3, 0.4) is 0 Å². The van der Waals surface area contributed by atoms with Gasteiger partial charge in [0.2, 0.25) is 0 Å². The number of carboxylic acids is 1. The van der Waals surface area contributed by atoms with Crippen molar-refractivity contribution in [3.63, 3.8) is 0 Å². The summed E-state index contributed by atoms with van der Waals surface area (Å²) < 4.78 is 75.9. The van der Waals surface area contributed by atoms with Gasteiger partial charge in [-0.05, 0) is 23.8 Å². The van der Waals surface area contributed by atoms with Gasteiger partial charge in [0.25, 0.3) is 0 Å². The molecule has 2 amide bonds. The number of aliphatic carboxylic acids is 1. The van der Waals surface area contributed by atoms with Crippen LogP contribution in [0.5, 0.6) is 0 Å². The van der Waals surface area contributed by atoms with E-state index >= 15 is 0 Å². The standard InChI is InChI=1S/C13H12F6N2O3/c14-12(15,16)8-3-7(4-9(5-8)13(17,18)19)6-21-11(24)20-2-1-10(22)23/h3-5H,1-2,6H2,(H,22,23)(H2,20,21,24). The van der Waals surface area contributed by atoms with E-state index in [4.69, 9.17) is 5.11 Å². The molecule has 1 aromatic carbocycles. The second kappa shape index (κ2) is 7.41. The van der Waals surface area contributed by atoms with Crippen molar-refractivity contribution < 1.29 is 41.0 Å². The minimum atomic E-state index is -4.97. The normalized spacial score (nSPS) is 11.9. The first-order valence-electron chi connectivity index (χ1n) is 6.41. The van der Waals surface area contributed by atoms with Crippen molar-refractivity contribution in [2.45, 2.75) is 25.3 Å². The number of benzene rings is 1. The van der Waals surface area contributed by atoms with Gasteiger partial charge in [0.05, 0.1) is 17.5 Å². The van der Waals surface area contributed by atoms with Crippen LogP contribution in [0.25, 0.3) is 0 Å². The first-order valence-corrected chi connectivity index (χ1v) is 6.41. The highest BCUT2D eigenvalue weighted by molar-refractivity contribution is 5.75. The molecule has 0 aliphatic heterocycles. The second-order valence-corrected chi connectivity index (χ2v) is 4.67. The number of nitrogens with one attached hydrogen (secondary N) is 2. The van der Waals surface area contributed by atoms with Gasteiger partial charge in [-0.15, -0.1) is 0 Å². The van der Waals surface area contributed by atoms with E-state index in [2.05, 4.69) is 10.6 Å². The summed E-state index contributed by atoms with van der Waals surface area (Å²) in [4.78, 5) is 21.5. The molecule has 3 N–H and O–H groups in total. The molecule has 0 unspecified atom stereocenters. The van der Waals surface area contributed by atoms with Gasteiger partial charge in [-0.25, -0.2) is 4.79 Å². The Morgan fingerprint density at radius 1 is 0.917 bits per heavy atom. The van der Waals surface area contributed by atoms with E-state index in [9.17, 15) is 35.9 Å². The molecule has 0 aromatic heterocycles. The van der Waals surface area contributed by atoms with E-state index in [-0.39, 0.29) is 19.0 Å². The Kier molecular flexibility index (Phi) is 6.04. The van der Waals surface area contributed by atoms with Crippen molar-refractivity contribution in [2.24, 2.45) is 0 Å². The summed E-state index contributed by atoms with van der Waals surface area (Å²) in [6, 6.07) is 0.0536. The average Bonchev–Trinajstić information content (AvgIpc) is 2.42. The van der Waals surface area contributed by atoms with Crippen LogP contribution in [0, 0.1) is 0 Å². The number of carbonyl (C=O) groups is 2. The minimum Gasteiger partial charge on any atom is -0.481 e. The lowest BCUT2D eigenvalue weighted by molar-refractivity contribution is -0.143. The fraction of sp³-hybridized carbons (Fsp3) is 0.385. The first-order chi connectivity index (χ1) is 10.9. The highest BCUT2D eigenvalue weighted by Gasteiger charge is 2.36. The molecule has 1 aromatic rings. The van der Waals surface area contributed by atoms with Crippen LogP contribution in [-0.2, 0) is 23.7 Å². The molecule has 0 saturated carbocycles. The van der Waals surface area contributed by atoms with Crippen LogP contribution in [0.15, 0.2) is 18.2 Å². The zero-order chi connectivity index (χ0) is 18.5. The van der Waals surface area contributed by atoms with Crippen molar-refractivity contribution in [1.29, 1.82) is 0 Å². The number of carboxylic acid groups (broad SMARTS) is 1. The Morgan fingerprint density at radius 2 is 1.42 bits per heavy atom. The summed E-state index contributed by atoms with van der Waals surface area (Å²) in [5, 5.41) is 12.5. The molecular formula is C13H12F6N2O3. The molecule has 134 valence electrons. The molecule has 1 rings (SSSR count). The molecule has 0 bridgehead atoms. The van der Waals surface area contributed by atoms with Crippen molar-refractivity contribution in [3.8, 4) is 0 Å². The Hall–Kier alpha value is -2.46. The molecule has 24 heavy (non-hydrogen) atoms. The third kappa shape index (κ3) is 6.34. The number of alkyl halides is 6. The maximum absolute atomic E-state index is 12.7. The number of halogens is 6. The number of rotatable bonds is 5. The molecule has 0 aliphatic rings. The van der Waals surface area contributed by atoms with Crippen LogP contribution in [-0.4, -0.2) is 23.7 Å². The highest BCUT2D eigenvalue weighted by atomic mass is 19.4. The third-order valence-electron chi connectivity index (χ3n) is 2.72. The molecule has 5 nitrogen and oxygen atoms in total. The zero-order valence-corrected chi connectivity index (χ0v) is 11.9. The summed E-state index contributed by atoms with van der Waals surface area (Å²) in [6.07, 6.45) is -10.3. The highest BCUT2D eigenvalue weighted by Crippen LogP contribution is 2.36. The Balaban J connectivity index is 2.83. The smallest absolute Gasteiger partial charge is 0.416 e. The SMILES string of the molecule is O=C(O)CCNC(=O)NCc1cc(C(F)(F)F)cc(C(F)(F)F)c1. The first kappa shape index (κ1) is 19.6. The van der Waals surface area contributed by atoms with Crippen molar-refractivity contribution in [1.82, 2.24) is 10.6 Å². The quantitative estimate of drug-likeness (QED) is 0.708. The van der Waals surface area contributed by atoms with E-state index in [0.717, 1.165) is 0 Å². The van der Waals surface area contributed by atoms with Crippen LogP contribution < -0.4 is 10.6 Å². The molecule has 0 spiro atoms. The molecule has 11 heteroatoms. The molecule has 0 aliphatic carbocycles. The van der Waals surface area contributed by atoms with Crippen molar-refractivity contribution >= 4 is 12.0 Å². The van der Waals surface area contributed by atoms with Gasteiger partial charge < -0.3 is 15.7 Å². The molecular weight excluding hydrogens is 346 g/mol. The summed E-state index contributed by atoms with van der Waals surface area (Å²) >= 11 is 0. The molecule has 0 heterocycles. The topological polar surface area (TPSA) is 78.4 Å². The summed E-state index contributed by atoms with van der Waals surface area (Å²) in [7, 11) is 0. The van der Waals surface area contributed by atoms with Crippen molar-refractivity contribution in [3.05, 3.63) is 34.9 Å². The maximum Gasteiger partial charge on any atom is 0.416 e. The average molecular weight is 358 g/mol. The van der Waals surface area contributed by atoms with Crippen LogP contribution in [0.4, 0.5) is 31.1 Å². The lowest BCUT2D eigenvalue weighted by Crippen LogP contribution is -2.36. The fourth-order valence-electron chi connectivity index (χ4n) is 1.65. The maximum atomic E-state index is 12.7. The van der Waals surface area contributed by atoms with E-state index in [0.29, 0.717) is 12.1 Å². The Morgan fingerprint density at radius 3 is 1.83 bits per heavy atom. The summed E-state index contributed by atoms with van der Waals surface area (Å²) in [5.41, 5.74) is -3.37. The molecule has 0 fully saturated rings. The van der Waals surface area contributed by atoms with Gasteiger partial charge in [0, 0.05) is 13.1 Å². The van der Waals surface area contributed by atoms with Gasteiger partial charge in [0.15, 0.2) is 0 Å². The Bertz CT molecular complexity index is 580. The van der Waals surface area contributed by atoms with Crippen LogP contribution in [0.2, 0.25) is 0 Å². The van der Waals surface area contributed by atoms with Crippen molar-refractivity contribution in [2.75, 3.05) is 6.54 Å². The monoisotopic (exact) mass is 358 g/mol. The fourth-order valence-corrected chi connectivity index (χ4v) is 1.65. The third-order valence-corrected chi connectivity index (χ3v) is 2.72. The predicted molar refractivity (Wildman–Crippen MR) is 68.9 cm³/mol. The van der Waals surface area contributed by atoms with E-state index in [1.807, 2.05) is 0 Å². The zero-order valence-electron chi connectivity index (χ0n) is 11.9. The Labute approximate surface area is 131 Å². The minimum absolute atomic E-state index is 0.0174. The lowest BCUT2D eigenvalue weighted by Gasteiger charge is -2.14. The number of urea groups is 1. The number of hydrogen-bond donors (Lipinski definition) is 3. The molecule has 0 saturated heterocycles. The lowest BCUT2D eigenvalue weighted by atomic mass is 10.0. The van der Waals surface area contributed by atoms with E-state index in [1.54, 1.807) is 0 Å². The van der Waals surface area contributed by atoms with E-state index in [1.165, 1.54) is 0 Å². The van der Waals surface area contributed by atoms with E-state index < -0.39 is 47.6 Å². The van der Waals surface area contributed by atoms with Gasteiger partial charge >= 0.3 is 24.4 Å².